The van der Waals surface area contributed by atoms with Gasteiger partial charge in [-0.2, -0.15) is 0 Å². The molecule has 0 bridgehead atoms. The van der Waals surface area contributed by atoms with E-state index in [9.17, 15) is 4.79 Å². The Morgan fingerprint density at radius 2 is 1.94 bits per heavy atom. The molecule has 2 aliphatic heterocycles. The molecule has 4 heteroatoms. The van der Waals surface area contributed by atoms with Crippen LogP contribution in [0, 0.1) is 5.92 Å². The molecule has 0 aromatic rings. The molecule has 1 N–H and O–H groups in total. The van der Waals surface area contributed by atoms with E-state index in [1.165, 1.54) is 12.8 Å². The normalized spacial score (nSPS) is 28.4. The molecule has 2 rings (SSSR count). The van der Waals surface area contributed by atoms with Crippen molar-refractivity contribution in [3.63, 3.8) is 0 Å². The summed E-state index contributed by atoms with van der Waals surface area (Å²) < 4.78 is 0. The van der Waals surface area contributed by atoms with Crippen molar-refractivity contribution >= 4 is 5.91 Å². The first-order chi connectivity index (χ1) is 8.15. The summed E-state index contributed by atoms with van der Waals surface area (Å²) in [7, 11) is 0. The lowest BCUT2D eigenvalue weighted by atomic mass is 9.99. The number of rotatable bonds is 2. The van der Waals surface area contributed by atoms with E-state index in [2.05, 4.69) is 24.1 Å². The maximum Gasteiger partial charge on any atom is 0.236 e. The molecular weight excluding hydrogens is 214 g/mol. The highest BCUT2D eigenvalue weighted by molar-refractivity contribution is 5.78. The van der Waals surface area contributed by atoms with Crippen LogP contribution in [0.2, 0.25) is 0 Å². The van der Waals surface area contributed by atoms with Crippen LogP contribution in [0.1, 0.15) is 26.7 Å². The minimum absolute atomic E-state index is 0.313. The summed E-state index contributed by atoms with van der Waals surface area (Å²) in [4.78, 5) is 16.5. The molecule has 1 amide bonds. The summed E-state index contributed by atoms with van der Waals surface area (Å²) in [6.07, 6.45) is 2.48. The number of likely N-dealkylation sites (tertiary alicyclic amines) is 1. The molecule has 0 aromatic heterocycles. The summed E-state index contributed by atoms with van der Waals surface area (Å²) in [6, 6.07) is 0.439. The number of amides is 1. The van der Waals surface area contributed by atoms with Crippen molar-refractivity contribution in [1.82, 2.24) is 15.1 Å². The lowest BCUT2D eigenvalue weighted by molar-refractivity contribution is -0.133. The molecular formula is C13H25N3O. The van der Waals surface area contributed by atoms with E-state index in [1.807, 2.05) is 4.90 Å². The fraction of sp³-hybridized carbons (Fsp3) is 0.923. The standard InChI is InChI=1S/C13H25N3O/c1-11-3-6-15(7-4-11)10-13(17)16-8-5-14-12(2)9-16/h11-12,14H,3-10H2,1-2H3/t12-/m1/s1. The monoisotopic (exact) mass is 239 g/mol. The number of hydrogen-bond donors (Lipinski definition) is 1. The Hall–Kier alpha value is -0.610. The summed E-state index contributed by atoms with van der Waals surface area (Å²) in [5, 5.41) is 3.37. The molecule has 0 unspecified atom stereocenters. The lowest BCUT2D eigenvalue weighted by Crippen LogP contribution is -2.53. The Morgan fingerprint density at radius 3 is 2.59 bits per heavy atom. The molecule has 0 radical (unpaired) electrons. The molecule has 2 heterocycles. The average Bonchev–Trinajstić information content (AvgIpc) is 2.32. The summed E-state index contributed by atoms with van der Waals surface area (Å²) >= 11 is 0. The van der Waals surface area contributed by atoms with Gasteiger partial charge in [-0.1, -0.05) is 6.92 Å². The van der Waals surface area contributed by atoms with Crippen molar-refractivity contribution in [3.05, 3.63) is 0 Å². The molecule has 0 aliphatic carbocycles. The second-order valence-electron chi connectivity index (χ2n) is 5.65. The van der Waals surface area contributed by atoms with Crippen LogP contribution in [0.5, 0.6) is 0 Å². The predicted octanol–water partition coefficient (Wildman–Crippen LogP) is 0.539. The molecule has 1 atom stereocenters. The second-order valence-corrected chi connectivity index (χ2v) is 5.65. The van der Waals surface area contributed by atoms with Crippen LogP contribution in [0.25, 0.3) is 0 Å². The zero-order valence-electron chi connectivity index (χ0n) is 11.1. The van der Waals surface area contributed by atoms with E-state index in [0.717, 1.165) is 38.6 Å². The van der Waals surface area contributed by atoms with E-state index in [-0.39, 0.29) is 0 Å². The second kappa shape index (κ2) is 5.83. The van der Waals surface area contributed by atoms with E-state index in [0.29, 0.717) is 18.5 Å². The van der Waals surface area contributed by atoms with Crippen LogP contribution >= 0.6 is 0 Å². The van der Waals surface area contributed by atoms with E-state index < -0.39 is 0 Å². The van der Waals surface area contributed by atoms with Gasteiger partial charge >= 0.3 is 0 Å². The highest BCUT2D eigenvalue weighted by atomic mass is 16.2. The van der Waals surface area contributed by atoms with Gasteiger partial charge in [-0.3, -0.25) is 9.69 Å². The fourth-order valence-electron chi connectivity index (χ4n) is 2.67. The first kappa shape index (κ1) is 12.8. The third-order valence-electron chi connectivity index (χ3n) is 3.96. The van der Waals surface area contributed by atoms with Gasteiger partial charge in [0.1, 0.15) is 0 Å². The zero-order chi connectivity index (χ0) is 12.3. The predicted molar refractivity (Wildman–Crippen MR) is 68.9 cm³/mol. The average molecular weight is 239 g/mol. The molecule has 98 valence electrons. The molecule has 0 saturated carbocycles. The summed E-state index contributed by atoms with van der Waals surface area (Å²) in [5.74, 6) is 1.15. The molecule has 2 saturated heterocycles. The summed E-state index contributed by atoms with van der Waals surface area (Å²) in [5.41, 5.74) is 0. The van der Waals surface area contributed by atoms with Crippen LogP contribution in [0.15, 0.2) is 0 Å². The first-order valence-corrected chi connectivity index (χ1v) is 6.88. The number of nitrogens with zero attached hydrogens (tertiary/aromatic N) is 2. The number of piperidine rings is 1. The number of nitrogens with one attached hydrogen (secondary N) is 1. The molecule has 2 fully saturated rings. The van der Waals surface area contributed by atoms with Crippen molar-refractivity contribution in [2.45, 2.75) is 32.7 Å². The van der Waals surface area contributed by atoms with Crippen LogP contribution in [-0.2, 0) is 4.79 Å². The van der Waals surface area contributed by atoms with Crippen molar-refractivity contribution in [2.24, 2.45) is 5.92 Å². The third kappa shape index (κ3) is 3.68. The number of carbonyl (C=O) groups is 1. The lowest BCUT2D eigenvalue weighted by Gasteiger charge is -2.35. The smallest absolute Gasteiger partial charge is 0.236 e. The van der Waals surface area contributed by atoms with Crippen molar-refractivity contribution in [3.8, 4) is 0 Å². The Morgan fingerprint density at radius 1 is 1.24 bits per heavy atom. The Balaban J connectivity index is 1.76. The molecule has 0 aromatic carbocycles. The quantitative estimate of drug-likeness (QED) is 0.764. The van der Waals surface area contributed by atoms with Gasteiger partial charge in [0.15, 0.2) is 0 Å². The van der Waals surface area contributed by atoms with Crippen LogP contribution in [-0.4, -0.2) is 61.0 Å². The largest absolute Gasteiger partial charge is 0.339 e. The van der Waals surface area contributed by atoms with Gasteiger partial charge in [-0.05, 0) is 38.8 Å². The highest BCUT2D eigenvalue weighted by Gasteiger charge is 2.23. The number of piperazine rings is 1. The van der Waals surface area contributed by atoms with Gasteiger partial charge in [0.2, 0.25) is 5.91 Å². The first-order valence-electron chi connectivity index (χ1n) is 6.88. The topological polar surface area (TPSA) is 35.6 Å². The van der Waals surface area contributed by atoms with Gasteiger partial charge in [-0.15, -0.1) is 0 Å². The fourth-order valence-corrected chi connectivity index (χ4v) is 2.67. The van der Waals surface area contributed by atoms with E-state index >= 15 is 0 Å². The minimum atomic E-state index is 0.313. The maximum absolute atomic E-state index is 12.1. The van der Waals surface area contributed by atoms with Gasteiger partial charge in [0.05, 0.1) is 6.54 Å². The number of carbonyl (C=O) groups excluding carboxylic acids is 1. The number of hydrogen-bond acceptors (Lipinski definition) is 3. The molecule has 2 aliphatic rings. The SMILES string of the molecule is CC1CCN(CC(=O)N2CCN[C@H](C)C2)CC1. The van der Waals surface area contributed by atoms with Crippen LogP contribution < -0.4 is 5.32 Å². The van der Waals surface area contributed by atoms with Crippen LogP contribution in [0.4, 0.5) is 0 Å². The van der Waals surface area contributed by atoms with Gasteiger partial charge in [-0.25, -0.2) is 0 Å². The Bertz CT molecular complexity index is 261. The van der Waals surface area contributed by atoms with Crippen molar-refractivity contribution in [2.75, 3.05) is 39.3 Å². The Labute approximate surface area is 104 Å². The van der Waals surface area contributed by atoms with Crippen molar-refractivity contribution in [1.29, 1.82) is 0 Å². The molecule has 4 nitrogen and oxygen atoms in total. The van der Waals surface area contributed by atoms with Gasteiger partial charge in [0.25, 0.3) is 0 Å². The maximum atomic E-state index is 12.1. The minimum Gasteiger partial charge on any atom is -0.339 e. The highest BCUT2D eigenvalue weighted by Crippen LogP contribution is 2.15. The Kier molecular flexibility index (Phi) is 4.40. The van der Waals surface area contributed by atoms with Gasteiger partial charge < -0.3 is 10.2 Å². The zero-order valence-corrected chi connectivity index (χ0v) is 11.1. The molecule has 17 heavy (non-hydrogen) atoms. The molecule has 0 spiro atoms. The van der Waals surface area contributed by atoms with E-state index in [1.54, 1.807) is 0 Å². The third-order valence-corrected chi connectivity index (χ3v) is 3.96. The van der Waals surface area contributed by atoms with Gasteiger partial charge in [0, 0.05) is 25.7 Å². The summed E-state index contributed by atoms with van der Waals surface area (Å²) in [6.45, 7) is 9.92. The van der Waals surface area contributed by atoms with E-state index in [4.69, 9.17) is 0 Å². The van der Waals surface area contributed by atoms with Crippen molar-refractivity contribution < 1.29 is 4.79 Å². The van der Waals surface area contributed by atoms with Crippen LogP contribution in [0.3, 0.4) is 0 Å².